The zero-order valence-corrected chi connectivity index (χ0v) is 18.6. The van der Waals surface area contributed by atoms with Crippen molar-refractivity contribution in [2.75, 3.05) is 19.6 Å². The topological polar surface area (TPSA) is 57.7 Å². The third kappa shape index (κ3) is 5.51. The number of rotatable bonds is 6. The van der Waals surface area contributed by atoms with Gasteiger partial charge in [0.25, 0.3) is 0 Å². The van der Waals surface area contributed by atoms with E-state index in [1.807, 2.05) is 6.92 Å². The summed E-state index contributed by atoms with van der Waals surface area (Å²) < 4.78 is 27.9. The van der Waals surface area contributed by atoms with Crippen LogP contribution in [0.3, 0.4) is 0 Å². The molecule has 0 N–H and O–H groups in total. The van der Waals surface area contributed by atoms with Gasteiger partial charge in [0.2, 0.25) is 15.9 Å². The zero-order chi connectivity index (χ0) is 21.0. The molecule has 156 valence electrons. The van der Waals surface area contributed by atoms with Crippen molar-refractivity contribution >= 4 is 39.1 Å². The lowest BCUT2D eigenvalue weighted by Crippen LogP contribution is -2.44. The van der Waals surface area contributed by atoms with Gasteiger partial charge in [-0.25, -0.2) is 8.42 Å². The molecule has 1 heterocycles. The zero-order valence-electron chi connectivity index (χ0n) is 16.3. The number of sulfonamides is 1. The van der Waals surface area contributed by atoms with Crippen molar-refractivity contribution in [3.05, 3.63) is 63.6 Å². The molecular weight excluding hydrogens is 431 g/mol. The number of hydrogen-bond donors (Lipinski definition) is 0. The summed E-state index contributed by atoms with van der Waals surface area (Å²) in [4.78, 5) is 14.7. The van der Waals surface area contributed by atoms with E-state index >= 15 is 0 Å². The summed E-state index contributed by atoms with van der Waals surface area (Å²) in [7, 11) is -3.88. The number of carbonyl (C=O) groups is 1. The predicted molar refractivity (Wildman–Crippen MR) is 116 cm³/mol. The molecule has 0 aliphatic carbocycles. The van der Waals surface area contributed by atoms with Crippen LogP contribution in [-0.4, -0.2) is 43.2 Å². The lowest BCUT2D eigenvalue weighted by atomic mass is 10.1. The van der Waals surface area contributed by atoms with E-state index in [9.17, 15) is 13.2 Å². The van der Waals surface area contributed by atoms with Crippen LogP contribution in [0, 0.1) is 6.92 Å². The normalized spacial score (nSPS) is 15.0. The molecule has 2 aromatic carbocycles. The maximum Gasteiger partial charge on any atom is 0.243 e. The smallest absolute Gasteiger partial charge is 0.243 e. The second kappa shape index (κ2) is 9.47. The van der Waals surface area contributed by atoms with E-state index in [4.69, 9.17) is 23.2 Å². The first-order valence-corrected chi connectivity index (χ1v) is 11.8. The minimum Gasteiger partial charge on any atom is -0.342 e. The molecule has 8 heteroatoms. The van der Waals surface area contributed by atoms with Crippen molar-refractivity contribution < 1.29 is 13.2 Å². The fraction of sp³-hybridized carbons (Fsp3) is 0.381. The van der Waals surface area contributed by atoms with Crippen LogP contribution in [0.1, 0.15) is 30.4 Å². The van der Waals surface area contributed by atoms with Crippen molar-refractivity contribution in [3.63, 3.8) is 0 Å². The Balaban J connectivity index is 1.91. The van der Waals surface area contributed by atoms with Crippen LogP contribution < -0.4 is 0 Å². The van der Waals surface area contributed by atoms with E-state index in [1.165, 1.54) is 4.31 Å². The molecule has 1 aliphatic heterocycles. The number of nitrogens with zero attached hydrogens (tertiary/aromatic N) is 2. The van der Waals surface area contributed by atoms with Gasteiger partial charge < -0.3 is 4.90 Å². The van der Waals surface area contributed by atoms with Crippen molar-refractivity contribution in [1.29, 1.82) is 0 Å². The van der Waals surface area contributed by atoms with Crippen LogP contribution in [0.4, 0.5) is 0 Å². The monoisotopic (exact) mass is 454 g/mol. The third-order valence-electron chi connectivity index (χ3n) is 5.04. The molecule has 0 saturated carbocycles. The van der Waals surface area contributed by atoms with Gasteiger partial charge in [-0.15, -0.1) is 0 Å². The Morgan fingerprint density at radius 3 is 2.31 bits per heavy atom. The highest BCUT2D eigenvalue weighted by atomic mass is 35.5. The highest BCUT2D eigenvalue weighted by Gasteiger charge is 2.29. The summed E-state index contributed by atoms with van der Waals surface area (Å²) in [6.45, 7) is 2.99. The third-order valence-corrected chi connectivity index (χ3v) is 7.43. The number of halogens is 2. The molecule has 0 unspecified atom stereocenters. The Morgan fingerprint density at radius 2 is 1.69 bits per heavy atom. The number of amides is 1. The average molecular weight is 455 g/mol. The molecule has 1 aliphatic rings. The molecule has 3 rings (SSSR count). The van der Waals surface area contributed by atoms with Gasteiger partial charge in [-0.05, 0) is 56.0 Å². The number of carbonyl (C=O) groups excluding carboxylic acids is 1. The minimum absolute atomic E-state index is 0.00814. The van der Waals surface area contributed by atoms with Gasteiger partial charge in [0.1, 0.15) is 0 Å². The van der Waals surface area contributed by atoms with Crippen LogP contribution in [0.25, 0.3) is 0 Å². The van der Waals surface area contributed by atoms with E-state index < -0.39 is 10.0 Å². The Bertz CT molecular complexity index is 972. The number of benzene rings is 2. The Labute approximate surface area is 182 Å². The quantitative estimate of drug-likeness (QED) is 0.644. The fourth-order valence-corrected chi connectivity index (χ4v) is 5.16. The highest BCUT2D eigenvalue weighted by molar-refractivity contribution is 7.89. The van der Waals surface area contributed by atoms with E-state index in [0.29, 0.717) is 28.7 Å². The maximum absolute atomic E-state index is 13.3. The van der Waals surface area contributed by atoms with Gasteiger partial charge in [-0.2, -0.15) is 4.31 Å². The lowest BCUT2D eigenvalue weighted by molar-refractivity contribution is -0.132. The van der Waals surface area contributed by atoms with Gasteiger partial charge >= 0.3 is 0 Å². The second-order valence-electron chi connectivity index (χ2n) is 7.26. The largest absolute Gasteiger partial charge is 0.342 e. The molecule has 1 saturated heterocycles. The number of likely N-dealkylation sites (tertiary alicyclic amines) is 1. The van der Waals surface area contributed by atoms with Gasteiger partial charge in [-0.3, -0.25) is 4.79 Å². The van der Waals surface area contributed by atoms with E-state index in [2.05, 4.69) is 0 Å². The van der Waals surface area contributed by atoms with Crippen molar-refractivity contribution in [1.82, 2.24) is 9.21 Å². The van der Waals surface area contributed by atoms with Crippen molar-refractivity contribution in [2.45, 2.75) is 37.6 Å². The summed E-state index contributed by atoms with van der Waals surface area (Å²) in [6.07, 6.45) is 2.98. The van der Waals surface area contributed by atoms with E-state index in [-0.39, 0.29) is 23.9 Å². The fourth-order valence-electron chi connectivity index (χ4n) is 3.32. The summed E-state index contributed by atoms with van der Waals surface area (Å²) in [5, 5.41) is 0.836. The summed E-state index contributed by atoms with van der Waals surface area (Å²) in [5.74, 6) is -0.189. The number of piperidine rings is 1. The van der Waals surface area contributed by atoms with Crippen LogP contribution in [0.15, 0.2) is 47.4 Å². The van der Waals surface area contributed by atoms with Gasteiger partial charge in [0.15, 0.2) is 0 Å². The molecule has 1 fully saturated rings. The first kappa shape index (κ1) is 22.1. The predicted octanol–water partition coefficient (Wildman–Crippen LogP) is 4.51. The Hall–Kier alpha value is -1.60. The molecule has 0 spiro atoms. The molecule has 0 radical (unpaired) electrons. The van der Waals surface area contributed by atoms with E-state index in [1.54, 1.807) is 47.4 Å². The molecular formula is C21H24Cl2N2O3S. The first-order chi connectivity index (χ1) is 13.8. The SMILES string of the molecule is Cc1ccc(S(=O)(=O)N(CC(=O)N2CCCCC2)Cc2ccc(Cl)cc2Cl)cc1. The van der Waals surface area contributed by atoms with Crippen molar-refractivity contribution in [2.24, 2.45) is 0 Å². The molecule has 5 nitrogen and oxygen atoms in total. The Kier molecular flexibility index (Phi) is 7.22. The second-order valence-corrected chi connectivity index (χ2v) is 10.0. The van der Waals surface area contributed by atoms with Gasteiger partial charge in [0, 0.05) is 29.7 Å². The summed E-state index contributed by atoms with van der Waals surface area (Å²) in [5.41, 5.74) is 1.55. The average Bonchev–Trinajstić information content (AvgIpc) is 2.70. The highest BCUT2D eigenvalue weighted by Crippen LogP contribution is 2.25. The molecule has 2 aromatic rings. The minimum atomic E-state index is -3.88. The van der Waals surface area contributed by atoms with Gasteiger partial charge in [0.05, 0.1) is 11.4 Å². The van der Waals surface area contributed by atoms with Crippen LogP contribution in [0.5, 0.6) is 0 Å². The molecule has 29 heavy (non-hydrogen) atoms. The number of hydrogen-bond acceptors (Lipinski definition) is 3. The summed E-state index contributed by atoms with van der Waals surface area (Å²) in [6, 6.07) is 11.5. The van der Waals surface area contributed by atoms with E-state index in [0.717, 1.165) is 24.8 Å². The standard InChI is InChI=1S/C21H24Cl2N2O3S/c1-16-5-9-19(10-6-16)29(27,28)25(14-17-7-8-18(22)13-20(17)23)15-21(26)24-11-3-2-4-12-24/h5-10,13H,2-4,11-12,14-15H2,1H3. The van der Waals surface area contributed by atoms with Crippen LogP contribution >= 0.6 is 23.2 Å². The van der Waals surface area contributed by atoms with Gasteiger partial charge in [-0.1, -0.05) is 47.0 Å². The summed E-state index contributed by atoms with van der Waals surface area (Å²) >= 11 is 12.2. The van der Waals surface area contributed by atoms with Crippen LogP contribution in [0.2, 0.25) is 10.0 Å². The lowest BCUT2D eigenvalue weighted by Gasteiger charge is -2.30. The number of aryl methyl sites for hydroxylation is 1. The maximum atomic E-state index is 13.3. The molecule has 0 aromatic heterocycles. The Morgan fingerprint density at radius 1 is 1.03 bits per heavy atom. The first-order valence-electron chi connectivity index (χ1n) is 9.56. The van der Waals surface area contributed by atoms with Crippen LogP contribution in [-0.2, 0) is 21.4 Å². The molecule has 1 amide bonds. The molecule has 0 bridgehead atoms. The van der Waals surface area contributed by atoms with Crippen molar-refractivity contribution in [3.8, 4) is 0 Å². The molecule has 0 atom stereocenters.